The Kier molecular flexibility index (Phi) is 5.54. The van der Waals surface area contributed by atoms with Crippen LogP contribution in [0.25, 0.3) is 0 Å². The lowest BCUT2D eigenvalue weighted by Crippen LogP contribution is -1.98. The molecule has 0 aliphatic rings. The van der Waals surface area contributed by atoms with Crippen molar-refractivity contribution in [3.05, 3.63) is 61.6 Å². The summed E-state index contributed by atoms with van der Waals surface area (Å²) < 4.78 is 7.40. The minimum atomic E-state index is -0.0298. The van der Waals surface area contributed by atoms with Gasteiger partial charge in [-0.05, 0) is 70.5 Å². The van der Waals surface area contributed by atoms with E-state index < -0.39 is 0 Å². The first kappa shape index (κ1) is 15.1. The number of ether oxygens (including phenoxy) is 1. The molecule has 0 saturated heterocycles. The molecule has 0 aliphatic carbocycles. The highest BCUT2D eigenvalue weighted by Crippen LogP contribution is 2.31. The summed E-state index contributed by atoms with van der Waals surface area (Å²) in [6, 6.07) is 14.2. The van der Waals surface area contributed by atoms with Crippen LogP contribution < -0.4 is 4.74 Å². The Balaban J connectivity index is 2.15. The van der Waals surface area contributed by atoms with E-state index in [0.29, 0.717) is 0 Å². The molecule has 100 valence electrons. The number of halogens is 3. The van der Waals surface area contributed by atoms with Gasteiger partial charge >= 0.3 is 0 Å². The highest BCUT2D eigenvalue weighted by molar-refractivity contribution is 14.1. The summed E-state index contributed by atoms with van der Waals surface area (Å²) in [7, 11) is 1.67. The van der Waals surface area contributed by atoms with Crippen molar-refractivity contribution in [1.82, 2.24) is 0 Å². The maximum Gasteiger partial charge on any atom is 0.118 e. The van der Waals surface area contributed by atoms with Crippen molar-refractivity contribution >= 4 is 50.1 Å². The van der Waals surface area contributed by atoms with Gasteiger partial charge in [0.15, 0.2) is 0 Å². The molecule has 0 amide bonds. The molecule has 0 radical (unpaired) electrons. The molecule has 2 aromatic carbocycles. The molecule has 0 heterocycles. The molecule has 0 saturated carbocycles. The first-order valence-corrected chi connectivity index (χ1v) is 8.13. The Hall–Kier alpha value is -0.260. The van der Waals surface area contributed by atoms with Gasteiger partial charge in [-0.25, -0.2) is 0 Å². The standard InChI is InChI=1S/C15H13BrClIO/c1-19-12-5-2-10(3-6-12)8-14(17)13-9-11(16)4-7-15(13)18/h2-7,9,14H,8H2,1H3. The Morgan fingerprint density at radius 2 is 1.89 bits per heavy atom. The summed E-state index contributed by atoms with van der Waals surface area (Å²) in [4.78, 5) is 0. The number of hydrogen-bond acceptors (Lipinski definition) is 1. The van der Waals surface area contributed by atoms with Crippen LogP contribution >= 0.6 is 50.1 Å². The number of benzene rings is 2. The normalized spacial score (nSPS) is 12.2. The van der Waals surface area contributed by atoms with Crippen molar-refractivity contribution in [2.75, 3.05) is 7.11 Å². The second-order valence-electron chi connectivity index (χ2n) is 4.19. The fourth-order valence-electron chi connectivity index (χ4n) is 1.83. The predicted octanol–water partition coefficient (Wildman–Crippen LogP) is 5.58. The van der Waals surface area contributed by atoms with Crippen molar-refractivity contribution in [3.8, 4) is 5.75 Å². The highest BCUT2D eigenvalue weighted by atomic mass is 127. The van der Waals surface area contributed by atoms with E-state index in [4.69, 9.17) is 16.3 Å². The van der Waals surface area contributed by atoms with E-state index in [9.17, 15) is 0 Å². The molecule has 4 heteroatoms. The number of hydrogen-bond donors (Lipinski definition) is 0. The fourth-order valence-corrected chi connectivity index (χ4v) is 3.47. The minimum Gasteiger partial charge on any atom is -0.497 e. The maximum absolute atomic E-state index is 6.53. The smallest absolute Gasteiger partial charge is 0.118 e. The molecule has 19 heavy (non-hydrogen) atoms. The van der Waals surface area contributed by atoms with Crippen LogP contribution in [0.3, 0.4) is 0 Å². The highest BCUT2D eigenvalue weighted by Gasteiger charge is 2.13. The zero-order valence-corrected chi connectivity index (χ0v) is 14.9. The average Bonchev–Trinajstić information content (AvgIpc) is 2.42. The largest absolute Gasteiger partial charge is 0.497 e. The Labute approximate surface area is 140 Å². The van der Waals surface area contributed by atoms with Gasteiger partial charge in [-0.2, -0.15) is 0 Å². The summed E-state index contributed by atoms with van der Waals surface area (Å²) in [5.41, 5.74) is 2.36. The third kappa shape index (κ3) is 4.10. The van der Waals surface area contributed by atoms with Crippen LogP contribution in [0.2, 0.25) is 0 Å². The fraction of sp³-hybridized carbons (Fsp3) is 0.200. The SMILES string of the molecule is COc1ccc(CC(Cl)c2cc(Br)ccc2I)cc1. The zero-order valence-electron chi connectivity index (χ0n) is 10.4. The van der Waals surface area contributed by atoms with Gasteiger partial charge in [0.2, 0.25) is 0 Å². The molecule has 0 N–H and O–H groups in total. The lowest BCUT2D eigenvalue weighted by Gasteiger charge is -2.13. The van der Waals surface area contributed by atoms with E-state index in [1.165, 1.54) is 9.13 Å². The number of rotatable bonds is 4. The van der Waals surface area contributed by atoms with Gasteiger partial charge in [-0.15, -0.1) is 11.6 Å². The van der Waals surface area contributed by atoms with Crippen molar-refractivity contribution < 1.29 is 4.74 Å². The lowest BCUT2D eigenvalue weighted by atomic mass is 10.0. The van der Waals surface area contributed by atoms with Crippen LogP contribution in [0.1, 0.15) is 16.5 Å². The van der Waals surface area contributed by atoms with Crippen LogP contribution in [0.5, 0.6) is 5.75 Å². The van der Waals surface area contributed by atoms with E-state index in [1.807, 2.05) is 18.2 Å². The molecule has 0 spiro atoms. The molecule has 1 atom stereocenters. The summed E-state index contributed by atoms with van der Waals surface area (Å²) in [5.74, 6) is 0.868. The first-order valence-electron chi connectivity index (χ1n) is 5.82. The molecule has 0 fully saturated rings. The maximum atomic E-state index is 6.53. The van der Waals surface area contributed by atoms with Crippen molar-refractivity contribution in [2.45, 2.75) is 11.8 Å². The van der Waals surface area contributed by atoms with Gasteiger partial charge in [-0.3, -0.25) is 0 Å². The van der Waals surface area contributed by atoms with Crippen LogP contribution in [-0.2, 0) is 6.42 Å². The molecule has 0 aromatic heterocycles. The molecular weight excluding hydrogens is 438 g/mol. The molecule has 2 rings (SSSR count). The topological polar surface area (TPSA) is 9.23 Å². The molecule has 1 nitrogen and oxygen atoms in total. The Morgan fingerprint density at radius 1 is 1.21 bits per heavy atom. The van der Waals surface area contributed by atoms with Crippen molar-refractivity contribution in [3.63, 3.8) is 0 Å². The quantitative estimate of drug-likeness (QED) is 0.435. The first-order chi connectivity index (χ1) is 9.10. The molecule has 0 bridgehead atoms. The summed E-state index contributed by atoms with van der Waals surface area (Å²) in [5, 5.41) is -0.0298. The van der Waals surface area contributed by atoms with Crippen molar-refractivity contribution in [2.24, 2.45) is 0 Å². The summed E-state index contributed by atoms with van der Waals surface area (Å²) >= 11 is 12.3. The van der Waals surface area contributed by atoms with Crippen LogP contribution in [0, 0.1) is 3.57 Å². The van der Waals surface area contributed by atoms with Crippen LogP contribution in [0.15, 0.2) is 46.9 Å². The minimum absolute atomic E-state index is 0.0298. The van der Waals surface area contributed by atoms with Gasteiger partial charge in [0.05, 0.1) is 12.5 Å². The van der Waals surface area contributed by atoms with Gasteiger partial charge in [0.1, 0.15) is 5.75 Å². The second-order valence-corrected chi connectivity index (χ2v) is 6.79. The van der Waals surface area contributed by atoms with Gasteiger partial charge < -0.3 is 4.74 Å². The monoisotopic (exact) mass is 450 g/mol. The number of methoxy groups -OCH3 is 1. The van der Waals surface area contributed by atoms with Crippen molar-refractivity contribution in [1.29, 1.82) is 0 Å². The second kappa shape index (κ2) is 6.95. The van der Waals surface area contributed by atoms with E-state index in [0.717, 1.165) is 22.2 Å². The Bertz CT molecular complexity index is 557. The van der Waals surface area contributed by atoms with Crippen LogP contribution in [0.4, 0.5) is 0 Å². The third-order valence-electron chi connectivity index (χ3n) is 2.87. The van der Waals surface area contributed by atoms with Gasteiger partial charge in [-0.1, -0.05) is 28.1 Å². The molecular formula is C15H13BrClIO. The van der Waals surface area contributed by atoms with E-state index in [2.05, 4.69) is 62.8 Å². The summed E-state index contributed by atoms with van der Waals surface area (Å²) in [6.45, 7) is 0. The molecule has 0 aliphatic heterocycles. The van der Waals surface area contributed by atoms with Gasteiger partial charge in [0, 0.05) is 8.04 Å². The zero-order chi connectivity index (χ0) is 13.8. The summed E-state index contributed by atoms with van der Waals surface area (Å²) in [6.07, 6.45) is 0.804. The van der Waals surface area contributed by atoms with E-state index in [-0.39, 0.29) is 5.38 Å². The van der Waals surface area contributed by atoms with Gasteiger partial charge in [0.25, 0.3) is 0 Å². The molecule has 2 aromatic rings. The number of alkyl halides is 1. The van der Waals surface area contributed by atoms with Crippen LogP contribution in [-0.4, -0.2) is 7.11 Å². The third-order valence-corrected chi connectivity index (χ3v) is 4.73. The lowest BCUT2D eigenvalue weighted by molar-refractivity contribution is 0.414. The predicted molar refractivity (Wildman–Crippen MR) is 92.2 cm³/mol. The Morgan fingerprint density at radius 3 is 2.53 bits per heavy atom. The van der Waals surface area contributed by atoms with E-state index >= 15 is 0 Å². The molecule has 1 unspecified atom stereocenters. The van der Waals surface area contributed by atoms with E-state index in [1.54, 1.807) is 7.11 Å². The average molecular weight is 452 g/mol.